The van der Waals surface area contributed by atoms with E-state index in [1.165, 1.54) is 77.0 Å². The third-order valence-corrected chi connectivity index (χ3v) is 10.9. The summed E-state index contributed by atoms with van der Waals surface area (Å²) in [7, 11) is -0.944. The third-order valence-electron chi connectivity index (χ3n) is 5.24. The van der Waals surface area contributed by atoms with E-state index in [2.05, 4.69) is 27.7 Å². The number of rotatable bonds is 16. The fourth-order valence-electron chi connectivity index (χ4n) is 3.75. The summed E-state index contributed by atoms with van der Waals surface area (Å²) in [6.45, 7) is 9.42. The summed E-state index contributed by atoms with van der Waals surface area (Å²) in [5.41, 5.74) is 0. The fourth-order valence-corrected chi connectivity index (χ4v) is 9.25. The van der Waals surface area contributed by atoms with Crippen LogP contribution < -0.4 is 0 Å². The first-order valence-electron chi connectivity index (χ1n) is 10.2. The van der Waals surface area contributed by atoms with Crippen molar-refractivity contribution < 1.29 is 0 Å². The molecule has 0 bridgehead atoms. The van der Waals surface area contributed by atoms with Gasteiger partial charge in [0, 0.05) is 0 Å². The second-order valence-electron chi connectivity index (χ2n) is 7.33. The van der Waals surface area contributed by atoms with Crippen molar-refractivity contribution >= 4 is 7.26 Å². The topological polar surface area (TPSA) is 0 Å². The van der Waals surface area contributed by atoms with Crippen LogP contribution in [0.15, 0.2) is 0 Å². The molecule has 0 saturated heterocycles. The predicted octanol–water partition coefficient (Wildman–Crippen LogP) is 7.50. The zero-order valence-electron chi connectivity index (χ0n) is 15.8. The SMILES string of the molecule is CCCCC[PH](CCCCC)(CCCCC)CCCCC. The van der Waals surface area contributed by atoms with E-state index < -0.39 is 7.26 Å². The van der Waals surface area contributed by atoms with E-state index in [-0.39, 0.29) is 0 Å². The van der Waals surface area contributed by atoms with Crippen LogP contribution in [-0.2, 0) is 0 Å². The average molecular weight is 317 g/mol. The Morgan fingerprint density at radius 1 is 0.381 bits per heavy atom. The molecule has 0 amide bonds. The van der Waals surface area contributed by atoms with Gasteiger partial charge in [-0.2, -0.15) is 0 Å². The van der Waals surface area contributed by atoms with Crippen LogP contribution in [-0.4, -0.2) is 24.6 Å². The summed E-state index contributed by atoms with van der Waals surface area (Å²) in [5.74, 6) is 0. The molecule has 0 spiro atoms. The van der Waals surface area contributed by atoms with Gasteiger partial charge in [0.05, 0.1) is 0 Å². The van der Waals surface area contributed by atoms with Crippen LogP contribution in [0.2, 0.25) is 0 Å². The molecule has 130 valence electrons. The minimum absolute atomic E-state index is 0.944. The summed E-state index contributed by atoms with van der Waals surface area (Å²) >= 11 is 0. The van der Waals surface area contributed by atoms with Crippen molar-refractivity contribution in [2.24, 2.45) is 0 Å². The molecular formula is C20H45P. The summed E-state index contributed by atoms with van der Waals surface area (Å²) < 4.78 is 0. The zero-order valence-corrected chi connectivity index (χ0v) is 16.8. The zero-order chi connectivity index (χ0) is 15.8. The van der Waals surface area contributed by atoms with Crippen molar-refractivity contribution in [3.05, 3.63) is 0 Å². The Kier molecular flexibility index (Phi) is 15.6. The molecule has 0 aliphatic heterocycles. The van der Waals surface area contributed by atoms with E-state index in [0.717, 1.165) is 0 Å². The quantitative estimate of drug-likeness (QED) is 0.204. The molecule has 0 saturated carbocycles. The van der Waals surface area contributed by atoms with Gasteiger partial charge in [0.2, 0.25) is 0 Å². The summed E-state index contributed by atoms with van der Waals surface area (Å²) in [6, 6.07) is 0. The summed E-state index contributed by atoms with van der Waals surface area (Å²) in [6.07, 6.45) is 24.2. The molecule has 21 heavy (non-hydrogen) atoms. The van der Waals surface area contributed by atoms with Gasteiger partial charge in [-0.05, 0) is 0 Å². The number of unbranched alkanes of at least 4 members (excludes halogenated alkanes) is 8. The molecule has 0 nitrogen and oxygen atoms in total. The van der Waals surface area contributed by atoms with Gasteiger partial charge in [0.25, 0.3) is 0 Å². The molecule has 0 radical (unpaired) electrons. The maximum atomic E-state index is 2.36. The molecular weight excluding hydrogens is 271 g/mol. The molecule has 1 heteroatoms. The van der Waals surface area contributed by atoms with E-state index in [0.29, 0.717) is 0 Å². The van der Waals surface area contributed by atoms with Gasteiger partial charge >= 0.3 is 137 Å². The Hall–Kier alpha value is 0.430. The molecule has 0 unspecified atom stereocenters. The molecule has 0 aromatic heterocycles. The van der Waals surface area contributed by atoms with E-state index in [4.69, 9.17) is 0 Å². The van der Waals surface area contributed by atoms with Crippen LogP contribution >= 0.6 is 7.26 Å². The first kappa shape index (κ1) is 21.4. The fraction of sp³-hybridized carbons (Fsp3) is 1.00. The van der Waals surface area contributed by atoms with Crippen LogP contribution in [0.4, 0.5) is 0 Å². The number of hydrogen-bond acceptors (Lipinski definition) is 0. The Balaban J connectivity index is 4.52. The van der Waals surface area contributed by atoms with Crippen LogP contribution in [0.25, 0.3) is 0 Å². The molecule has 0 aromatic carbocycles. The van der Waals surface area contributed by atoms with Crippen molar-refractivity contribution in [2.45, 2.75) is 105 Å². The van der Waals surface area contributed by atoms with Gasteiger partial charge in [-0.3, -0.25) is 0 Å². The van der Waals surface area contributed by atoms with Gasteiger partial charge in [0.1, 0.15) is 0 Å². The molecule has 0 aliphatic carbocycles. The van der Waals surface area contributed by atoms with Crippen molar-refractivity contribution in [1.82, 2.24) is 0 Å². The van der Waals surface area contributed by atoms with Crippen LogP contribution in [0.3, 0.4) is 0 Å². The Bertz CT molecular complexity index is 155. The van der Waals surface area contributed by atoms with Crippen LogP contribution in [0.1, 0.15) is 105 Å². The van der Waals surface area contributed by atoms with Crippen LogP contribution in [0.5, 0.6) is 0 Å². The van der Waals surface area contributed by atoms with E-state index >= 15 is 0 Å². The average Bonchev–Trinajstić information content (AvgIpc) is 2.48. The Morgan fingerprint density at radius 2 is 0.619 bits per heavy atom. The predicted molar refractivity (Wildman–Crippen MR) is 106 cm³/mol. The first-order valence-corrected chi connectivity index (χ1v) is 13.1. The molecule has 0 aromatic rings. The molecule has 0 heterocycles. The van der Waals surface area contributed by atoms with Gasteiger partial charge in [-0.25, -0.2) is 0 Å². The van der Waals surface area contributed by atoms with Crippen molar-refractivity contribution in [3.8, 4) is 0 Å². The summed E-state index contributed by atoms with van der Waals surface area (Å²) in [5, 5.41) is 0. The van der Waals surface area contributed by atoms with Gasteiger partial charge in [0.15, 0.2) is 0 Å². The Labute approximate surface area is 137 Å². The van der Waals surface area contributed by atoms with Crippen molar-refractivity contribution in [2.75, 3.05) is 24.6 Å². The van der Waals surface area contributed by atoms with Gasteiger partial charge < -0.3 is 0 Å². The van der Waals surface area contributed by atoms with Gasteiger partial charge in [-0.15, -0.1) is 0 Å². The first-order chi connectivity index (χ1) is 10.2. The third kappa shape index (κ3) is 11.6. The van der Waals surface area contributed by atoms with E-state index in [1.807, 2.05) is 0 Å². The van der Waals surface area contributed by atoms with E-state index in [1.54, 1.807) is 24.6 Å². The molecule has 0 fully saturated rings. The minimum atomic E-state index is -0.944. The Morgan fingerprint density at radius 3 is 0.810 bits per heavy atom. The molecule has 0 N–H and O–H groups in total. The molecule has 0 aliphatic rings. The van der Waals surface area contributed by atoms with Crippen LogP contribution in [0, 0.1) is 0 Å². The molecule has 0 rings (SSSR count). The van der Waals surface area contributed by atoms with E-state index in [9.17, 15) is 0 Å². The normalized spacial score (nSPS) is 12.8. The monoisotopic (exact) mass is 316 g/mol. The summed E-state index contributed by atoms with van der Waals surface area (Å²) in [4.78, 5) is 0. The molecule has 0 atom stereocenters. The van der Waals surface area contributed by atoms with Crippen molar-refractivity contribution in [3.63, 3.8) is 0 Å². The maximum absolute atomic E-state index is 2.36. The number of hydrogen-bond donors (Lipinski definition) is 0. The standard InChI is InChI=1S/C20H45P/c1-5-9-13-17-21(18-14-10-6-2,19-15-11-7-3)20-16-12-8-4/h21H,5-20H2,1-4H3. The second kappa shape index (κ2) is 15.3. The van der Waals surface area contributed by atoms with Crippen molar-refractivity contribution in [1.29, 1.82) is 0 Å². The second-order valence-corrected chi connectivity index (χ2v) is 12.3. The van der Waals surface area contributed by atoms with Gasteiger partial charge in [-0.1, -0.05) is 0 Å².